The zero-order valence-corrected chi connectivity index (χ0v) is 20.3. The smallest absolute Gasteiger partial charge is 0.251 e. The Kier molecular flexibility index (Phi) is 7.39. The molecule has 3 rings (SSSR count). The van der Waals surface area contributed by atoms with Crippen molar-refractivity contribution in [2.24, 2.45) is 0 Å². The van der Waals surface area contributed by atoms with Crippen LogP contribution in [0.15, 0.2) is 36.7 Å². The number of aryl methyl sites for hydroxylation is 1. The van der Waals surface area contributed by atoms with E-state index < -0.39 is 6.04 Å². The molecule has 1 aromatic heterocycles. The quantitative estimate of drug-likeness (QED) is 0.751. The maximum absolute atomic E-state index is 13.0. The van der Waals surface area contributed by atoms with Gasteiger partial charge in [0, 0.05) is 50.2 Å². The maximum Gasteiger partial charge on any atom is 0.251 e. The second kappa shape index (κ2) is 9.86. The van der Waals surface area contributed by atoms with Crippen LogP contribution in [-0.4, -0.2) is 62.9 Å². The van der Waals surface area contributed by atoms with Crippen molar-refractivity contribution in [1.82, 2.24) is 24.7 Å². The number of carbonyl (C=O) groups excluding carboxylic acids is 2. The molecule has 0 unspecified atom stereocenters. The van der Waals surface area contributed by atoms with Gasteiger partial charge in [-0.1, -0.05) is 32.9 Å². The van der Waals surface area contributed by atoms with Crippen LogP contribution in [0.1, 0.15) is 63.3 Å². The normalized spacial score (nSPS) is 18.4. The molecule has 2 atom stereocenters. The number of carbonyl (C=O) groups is 2. The van der Waals surface area contributed by atoms with Gasteiger partial charge < -0.3 is 14.8 Å². The van der Waals surface area contributed by atoms with E-state index in [0.29, 0.717) is 18.7 Å². The third kappa shape index (κ3) is 5.57. The molecule has 1 N–H and O–H groups in total. The van der Waals surface area contributed by atoms with Gasteiger partial charge in [0.05, 0.1) is 6.54 Å². The summed E-state index contributed by atoms with van der Waals surface area (Å²) in [4.78, 5) is 34.3. The van der Waals surface area contributed by atoms with Gasteiger partial charge in [0.1, 0.15) is 11.9 Å². The predicted molar refractivity (Wildman–Crippen MR) is 126 cm³/mol. The Bertz CT molecular complexity index is 929. The topological polar surface area (TPSA) is 70.5 Å². The minimum absolute atomic E-state index is 0.0345. The van der Waals surface area contributed by atoms with Gasteiger partial charge in [-0.15, -0.1) is 0 Å². The van der Waals surface area contributed by atoms with E-state index in [0.717, 1.165) is 25.5 Å². The number of rotatable bonds is 6. The zero-order valence-electron chi connectivity index (χ0n) is 20.3. The first-order chi connectivity index (χ1) is 15.1. The molecule has 7 nitrogen and oxygen atoms in total. The number of nitrogens with one attached hydrogen (secondary N) is 1. The molecule has 32 heavy (non-hydrogen) atoms. The van der Waals surface area contributed by atoms with Crippen LogP contribution in [0.3, 0.4) is 0 Å². The van der Waals surface area contributed by atoms with Crippen molar-refractivity contribution in [3.05, 3.63) is 53.6 Å². The van der Waals surface area contributed by atoms with Crippen LogP contribution in [0.2, 0.25) is 0 Å². The fourth-order valence-electron chi connectivity index (χ4n) is 4.13. The second-order valence-electron chi connectivity index (χ2n) is 9.76. The summed E-state index contributed by atoms with van der Waals surface area (Å²) in [6.07, 6.45) is 3.84. The van der Waals surface area contributed by atoms with Crippen molar-refractivity contribution < 1.29 is 9.59 Å². The highest BCUT2D eigenvalue weighted by Crippen LogP contribution is 2.22. The van der Waals surface area contributed by atoms with Gasteiger partial charge in [0.25, 0.3) is 5.91 Å². The Balaban J connectivity index is 1.54. The fourth-order valence-corrected chi connectivity index (χ4v) is 4.13. The summed E-state index contributed by atoms with van der Waals surface area (Å²) >= 11 is 0. The molecule has 1 fully saturated rings. The third-order valence-corrected chi connectivity index (χ3v) is 6.29. The van der Waals surface area contributed by atoms with E-state index in [1.807, 2.05) is 41.6 Å². The second-order valence-corrected chi connectivity index (χ2v) is 9.76. The lowest BCUT2D eigenvalue weighted by atomic mass is 9.86. The maximum atomic E-state index is 13.0. The SMILES string of the molecule is CCn1ccnc1CN1CCN(C(=O)[C@H](C)NC(=O)c2ccc(C(C)(C)C)cc2)C[C@@H]1C. The molecule has 1 aromatic carbocycles. The summed E-state index contributed by atoms with van der Waals surface area (Å²) in [5.41, 5.74) is 1.78. The number of hydrogen-bond donors (Lipinski definition) is 1. The largest absolute Gasteiger partial charge is 0.341 e. The van der Waals surface area contributed by atoms with Gasteiger partial charge >= 0.3 is 0 Å². The highest BCUT2D eigenvalue weighted by molar-refractivity contribution is 5.97. The molecule has 0 radical (unpaired) electrons. The van der Waals surface area contributed by atoms with E-state index in [-0.39, 0.29) is 23.3 Å². The van der Waals surface area contributed by atoms with Gasteiger partial charge in [-0.05, 0) is 43.9 Å². The number of nitrogens with zero attached hydrogens (tertiary/aromatic N) is 4. The average Bonchev–Trinajstić information content (AvgIpc) is 3.21. The summed E-state index contributed by atoms with van der Waals surface area (Å²) in [5.74, 6) is 0.799. The van der Waals surface area contributed by atoms with Crippen molar-refractivity contribution in [3.8, 4) is 0 Å². The molecule has 2 amide bonds. The molecular formula is C25H37N5O2. The summed E-state index contributed by atoms with van der Waals surface area (Å²) in [6, 6.07) is 7.27. The minimum atomic E-state index is -0.567. The molecule has 1 aliphatic rings. The van der Waals surface area contributed by atoms with E-state index in [2.05, 4.69) is 54.4 Å². The molecule has 0 saturated carbocycles. The van der Waals surface area contributed by atoms with Crippen LogP contribution >= 0.6 is 0 Å². The number of aromatic nitrogens is 2. The third-order valence-electron chi connectivity index (χ3n) is 6.29. The Hall–Kier alpha value is -2.67. The lowest BCUT2D eigenvalue weighted by Crippen LogP contribution is -2.57. The standard InChI is InChI=1S/C25H37N5O2/c1-7-28-13-12-26-22(28)17-29-14-15-30(16-18(29)2)24(32)19(3)27-23(31)20-8-10-21(11-9-20)25(4,5)6/h8-13,18-19H,7,14-17H2,1-6H3,(H,27,31)/t18-,19-/m0/s1. The van der Waals surface area contributed by atoms with Crippen molar-refractivity contribution in [1.29, 1.82) is 0 Å². The van der Waals surface area contributed by atoms with Gasteiger partial charge in [-0.3, -0.25) is 14.5 Å². The molecular weight excluding hydrogens is 402 g/mol. The van der Waals surface area contributed by atoms with Crippen LogP contribution in [0.25, 0.3) is 0 Å². The van der Waals surface area contributed by atoms with Crippen molar-refractivity contribution in [2.45, 2.75) is 72.1 Å². The molecule has 0 bridgehead atoms. The summed E-state index contributed by atoms with van der Waals surface area (Å²) in [7, 11) is 0. The number of amides is 2. The molecule has 1 aliphatic heterocycles. The molecule has 0 aliphatic carbocycles. The van der Waals surface area contributed by atoms with E-state index >= 15 is 0 Å². The first-order valence-corrected chi connectivity index (χ1v) is 11.5. The van der Waals surface area contributed by atoms with Gasteiger partial charge in [-0.2, -0.15) is 0 Å². The van der Waals surface area contributed by atoms with Crippen LogP contribution in [0.4, 0.5) is 0 Å². The Morgan fingerprint density at radius 3 is 2.47 bits per heavy atom. The lowest BCUT2D eigenvalue weighted by Gasteiger charge is -2.40. The highest BCUT2D eigenvalue weighted by Gasteiger charge is 2.30. The molecule has 1 saturated heterocycles. The summed E-state index contributed by atoms with van der Waals surface area (Å²) < 4.78 is 2.15. The Labute approximate surface area is 191 Å². The van der Waals surface area contributed by atoms with Gasteiger partial charge in [-0.25, -0.2) is 4.98 Å². The monoisotopic (exact) mass is 439 g/mol. The fraction of sp³-hybridized carbons (Fsp3) is 0.560. The highest BCUT2D eigenvalue weighted by atomic mass is 16.2. The van der Waals surface area contributed by atoms with Crippen molar-refractivity contribution in [3.63, 3.8) is 0 Å². The van der Waals surface area contributed by atoms with Crippen molar-refractivity contribution >= 4 is 11.8 Å². The minimum Gasteiger partial charge on any atom is -0.341 e. The van der Waals surface area contributed by atoms with E-state index in [4.69, 9.17) is 0 Å². The molecule has 2 aromatic rings. The number of imidazole rings is 1. The van der Waals surface area contributed by atoms with E-state index in [1.165, 1.54) is 5.56 Å². The Morgan fingerprint density at radius 2 is 1.88 bits per heavy atom. The van der Waals surface area contributed by atoms with Gasteiger partial charge in [0.15, 0.2) is 0 Å². The number of benzene rings is 1. The molecule has 0 spiro atoms. The number of hydrogen-bond acceptors (Lipinski definition) is 4. The van der Waals surface area contributed by atoms with Crippen molar-refractivity contribution in [2.75, 3.05) is 19.6 Å². The number of piperazine rings is 1. The van der Waals surface area contributed by atoms with Crippen LogP contribution in [0, 0.1) is 0 Å². The van der Waals surface area contributed by atoms with E-state index in [9.17, 15) is 9.59 Å². The molecule has 174 valence electrons. The molecule has 7 heteroatoms. The van der Waals surface area contributed by atoms with Gasteiger partial charge in [0.2, 0.25) is 5.91 Å². The van der Waals surface area contributed by atoms with Crippen LogP contribution in [0.5, 0.6) is 0 Å². The van der Waals surface area contributed by atoms with E-state index in [1.54, 1.807) is 6.92 Å². The summed E-state index contributed by atoms with van der Waals surface area (Å²) in [5, 5.41) is 2.87. The first-order valence-electron chi connectivity index (χ1n) is 11.5. The molecule has 2 heterocycles. The predicted octanol–water partition coefficient (Wildman–Crippen LogP) is 3.05. The average molecular weight is 440 g/mol. The first kappa shape index (κ1) is 24.0. The zero-order chi connectivity index (χ0) is 23.5. The van der Waals surface area contributed by atoms with Crippen LogP contribution in [-0.2, 0) is 23.3 Å². The van der Waals surface area contributed by atoms with Crippen LogP contribution < -0.4 is 5.32 Å². The lowest BCUT2D eigenvalue weighted by molar-refractivity contribution is -0.135. The Morgan fingerprint density at radius 1 is 1.19 bits per heavy atom. The summed E-state index contributed by atoms with van der Waals surface area (Å²) in [6.45, 7) is 16.2.